The summed E-state index contributed by atoms with van der Waals surface area (Å²) in [6.45, 7) is 6.17. The minimum Gasteiger partial charge on any atom is -0.370 e. The molecule has 0 heterocycles. The molecular weight excluding hydrogens is 164 g/mol. The van der Waals surface area contributed by atoms with E-state index in [0.717, 1.165) is 12.8 Å². The zero-order chi connectivity index (χ0) is 10.1. The second kappa shape index (κ2) is 3.79. The Hall–Kier alpha value is -0.370. The maximum absolute atomic E-state index is 11.9. The van der Waals surface area contributed by atoms with Gasteiger partial charge in [0.1, 0.15) is 5.60 Å². The first kappa shape index (κ1) is 10.7. The van der Waals surface area contributed by atoms with Gasteiger partial charge in [0.15, 0.2) is 5.78 Å². The molecule has 1 fully saturated rings. The van der Waals surface area contributed by atoms with Crippen LogP contribution in [-0.2, 0) is 9.53 Å². The van der Waals surface area contributed by atoms with Gasteiger partial charge >= 0.3 is 0 Å². The van der Waals surface area contributed by atoms with Crippen LogP contribution in [0.15, 0.2) is 0 Å². The number of carbonyl (C=O) groups is 1. The highest BCUT2D eigenvalue weighted by Gasteiger charge is 2.50. The highest BCUT2D eigenvalue weighted by Crippen LogP contribution is 2.43. The molecule has 0 spiro atoms. The van der Waals surface area contributed by atoms with E-state index in [1.165, 1.54) is 0 Å². The molecule has 2 nitrogen and oxygen atoms in total. The van der Waals surface area contributed by atoms with Crippen LogP contribution in [0.2, 0.25) is 0 Å². The average Bonchev–Trinajstić information content (AvgIpc) is 2.43. The fourth-order valence-corrected chi connectivity index (χ4v) is 2.76. The lowest BCUT2D eigenvalue weighted by Crippen LogP contribution is -2.47. The molecule has 1 aliphatic carbocycles. The van der Waals surface area contributed by atoms with E-state index < -0.39 is 5.60 Å². The number of rotatable bonds is 3. The fourth-order valence-electron chi connectivity index (χ4n) is 2.76. The molecule has 13 heavy (non-hydrogen) atoms. The SMILES string of the molecule is CCC(=O)C1(OC)C(C)CCC1C. The molecule has 0 aromatic rings. The number of ether oxygens (including phenoxy) is 1. The van der Waals surface area contributed by atoms with Gasteiger partial charge < -0.3 is 4.74 Å². The van der Waals surface area contributed by atoms with Crippen molar-refractivity contribution in [1.29, 1.82) is 0 Å². The van der Waals surface area contributed by atoms with Gasteiger partial charge in [-0.2, -0.15) is 0 Å². The molecule has 2 atom stereocenters. The van der Waals surface area contributed by atoms with Crippen molar-refractivity contribution in [3.8, 4) is 0 Å². The van der Waals surface area contributed by atoms with Gasteiger partial charge in [-0.3, -0.25) is 4.79 Å². The second-order valence-corrected chi connectivity index (χ2v) is 4.15. The van der Waals surface area contributed by atoms with Crippen molar-refractivity contribution in [2.24, 2.45) is 11.8 Å². The maximum atomic E-state index is 11.9. The van der Waals surface area contributed by atoms with E-state index in [9.17, 15) is 4.79 Å². The van der Waals surface area contributed by atoms with Crippen LogP contribution in [0, 0.1) is 11.8 Å². The van der Waals surface area contributed by atoms with Crippen LogP contribution in [0.1, 0.15) is 40.0 Å². The van der Waals surface area contributed by atoms with Crippen molar-refractivity contribution in [1.82, 2.24) is 0 Å². The Bertz CT molecular complexity index is 188. The Labute approximate surface area is 80.7 Å². The molecule has 2 unspecified atom stereocenters. The van der Waals surface area contributed by atoms with E-state index >= 15 is 0 Å². The van der Waals surface area contributed by atoms with Crippen LogP contribution < -0.4 is 0 Å². The van der Waals surface area contributed by atoms with Crippen LogP contribution in [-0.4, -0.2) is 18.5 Å². The predicted octanol–water partition coefficient (Wildman–Crippen LogP) is 2.42. The third kappa shape index (κ3) is 1.41. The number of carbonyl (C=O) groups excluding carboxylic acids is 1. The summed E-state index contributed by atoms with van der Waals surface area (Å²) in [5.41, 5.74) is -0.477. The number of methoxy groups -OCH3 is 1. The lowest BCUT2D eigenvalue weighted by atomic mass is 9.81. The summed E-state index contributed by atoms with van der Waals surface area (Å²) in [5, 5.41) is 0. The molecule has 0 aromatic heterocycles. The molecule has 0 radical (unpaired) electrons. The zero-order valence-corrected chi connectivity index (χ0v) is 9.09. The van der Waals surface area contributed by atoms with Crippen LogP contribution in [0.4, 0.5) is 0 Å². The summed E-state index contributed by atoms with van der Waals surface area (Å²) >= 11 is 0. The normalized spacial score (nSPS) is 39.4. The number of Topliss-reactive ketones (excluding diaryl/α,β-unsaturated/α-hetero) is 1. The average molecular weight is 184 g/mol. The summed E-state index contributed by atoms with van der Waals surface area (Å²) in [4.78, 5) is 11.9. The molecule has 1 aliphatic rings. The minimum atomic E-state index is -0.477. The summed E-state index contributed by atoms with van der Waals surface area (Å²) < 4.78 is 5.53. The third-order valence-corrected chi connectivity index (χ3v) is 3.59. The summed E-state index contributed by atoms with van der Waals surface area (Å²) in [6.07, 6.45) is 2.81. The summed E-state index contributed by atoms with van der Waals surface area (Å²) in [7, 11) is 1.67. The Morgan fingerprint density at radius 3 is 2.15 bits per heavy atom. The molecule has 2 heteroatoms. The monoisotopic (exact) mass is 184 g/mol. The largest absolute Gasteiger partial charge is 0.370 e. The first-order chi connectivity index (χ1) is 6.09. The number of hydrogen-bond acceptors (Lipinski definition) is 2. The van der Waals surface area contributed by atoms with Gasteiger partial charge in [0.2, 0.25) is 0 Å². The Kier molecular flexibility index (Phi) is 3.12. The van der Waals surface area contributed by atoms with Crippen molar-refractivity contribution in [2.75, 3.05) is 7.11 Å². The second-order valence-electron chi connectivity index (χ2n) is 4.15. The Morgan fingerprint density at radius 1 is 1.38 bits per heavy atom. The smallest absolute Gasteiger partial charge is 0.164 e. The first-order valence-electron chi connectivity index (χ1n) is 5.18. The van der Waals surface area contributed by atoms with Crippen molar-refractivity contribution in [3.05, 3.63) is 0 Å². The maximum Gasteiger partial charge on any atom is 0.164 e. The highest BCUT2D eigenvalue weighted by molar-refractivity contribution is 5.88. The topological polar surface area (TPSA) is 26.3 Å². The molecule has 0 aliphatic heterocycles. The van der Waals surface area contributed by atoms with Crippen LogP contribution in [0.25, 0.3) is 0 Å². The van der Waals surface area contributed by atoms with Crippen LogP contribution in [0.3, 0.4) is 0 Å². The zero-order valence-electron chi connectivity index (χ0n) is 9.09. The molecule has 0 aromatic carbocycles. The van der Waals surface area contributed by atoms with E-state index in [2.05, 4.69) is 13.8 Å². The molecule has 0 bridgehead atoms. The predicted molar refractivity (Wildman–Crippen MR) is 52.6 cm³/mol. The summed E-state index contributed by atoms with van der Waals surface area (Å²) in [5.74, 6) is 1.02. The van der Waals surface area contributed by atoms with E-state index in [-0.39, 0.29) is 5.78 Å². The molecule has 0 N–H and O–H groups in total. The van der Waals surface area contributed by atoms with Crippen molar-refractivity contribution >= 4 is 5.78 Å². The van der Waals surface area contributed by atoms with Gasteiger partial charge in [-0.25, -0.2) is 0 Å². The van der Waals surface area contributed by atoms with Crippen molar-refractivity contribution in [2.45, 2.75) is 45.6 Å². The van der Waals surface area contributed by atoms with Gasteiger partial charge in [-0.05, 0) is 24.7 Å². The molecule has 0 amide bonds. The number of ketones is 1. The van der Waals surface area contributed by atoms with E-state index in [1.54, 1.807) is 7.11 Å². The molecular formula is C11H20O2. The molecule has 1 saturated carbocycles. The molecule has 76 valence electrons. The van der Waals surface area contributed by atoms with E-state index in [0.29, 0.717) is 18.3 Å². The van der Waals surface area contributed by atoms with Gasteiger partial charge in [0.25, 0.3) is 0 Å². The van der Waals surface area contributed by atoms with E-state index in [4.69, 9.17) is 4.74 Å². The highest BCUT2D eigenvalue weighted by atomic mass is 16.5. The third-order valence-electron chi connectivity index (χ3n) is 3.59. The van der Waals surface area contributed by atoms with Gasteiger partial charge in [0.05, 0.1) is 0 Å². The Morgan fingerprint density at radius 2 is 1.85 bits per heavy atom. The molecule has 0 saturated heterocycles. The number of hydrogen-bond donors (Lipinski definition) is 0. The minimum absolute atomic E-state index is 0.271. The lowest BCUT2D eigenvalue weighted by molar-refractivity contribution is -0.150. The lowest BCUT2D eigenvalue weighted by Gasteiger charge is -2.34. The van der Waals surface area contributed by atoms with Crippen molar-refractivity contribution in [3.63, 3.8) is 0 Å². The van der Waals surface area contributed by atoms with Gasteiger partial charge in [-0.15, -0.1) is 0 Å². The fraction of sp³-hybridized carbons (Fsp3) is 0.909. The van der Waals surface area contributed by atoms with Crippen molar-refractivity contribution < 1.29 is 9.53 Å². The van der Waals surface area contributed by atoms with Gasteiger partial charge in [-0.1, -0.05) is 20.8 Å². The van der Waals surface area contributed by atoms with Crippen LogP contribution in [0.5, 0.6) is 0 Å². The quantitative estimate of drug-likeness (QED) is 0.673. The first-order valence-corrected chi connectivity index (χ1v) is 5.18. The Balaban J connectivity index is 2.95. The van der Waals surface area contributed by atoms with E-state index in [1.807, 2.05) is 6.92 Å². The molecule has 1 rings (SSSR count). The standard InChI is InChI=1S/C11H20O2/c1-5-10(12)11(13-4)8(2)6-7-9(11)3/h8-9H,5-7H2,1-4H3. The van der Waals surface area contributed by atoms with Gasteiger partial charge in [0, 0.05) is 13.5 Å². The summed E-state index contributed by atoms with van der Waals surface area (Å²) in [6, 6.07) is 0. The van der Waals surface area contributed by atoms with Crippen LogP contribution >= 0.6 is 0 Å².